The number of benzene rings is 2. The molecule has 0 atom stereocenters. The van der Waals surface area contributed by atoms with Crippen LogP contribution in [0.4, 0.5) is 10.8 Å². The summed E-state index contributed by atoms with van der Waals surface area (Å²) in [5.41, 5.74) is 3.77. The van der Waals surface area contributed by atoms with Gasteiger partial charge >= 0.3 is 0 Å². The van der Waals surface area contributed by atoms with Crippen LogP contribution >= 0.6 is 34.4 Å². The predicted octanol–water partition coefficient (Wildman–Crippen LogP) is 6.16. The molecule has 0 bridgehead atoms. The number of hydrogen-bond acceptors (Lipinski definition) is 6. The molecule has 0 spiro atoms. The second-order valence-electron chi connectivity index (χ2n) is 6.70. The lowest BCUT2D eigenvalue weighted by molar-refractivity contribution is -0.113. The van der Waals surface area contributed by atoms with Crippen LogP contribution < -0.4 is 10.6 Å². The first-order valence-corrected chi connectivity index (χ1v) is 12.2. The Kier molecular flexibility index (Phi) is 6.81. The molecule has 0 saturated carbocycles. The van der Waals surface area contributed by atoms with Gasteiger partial charge in [0.25, 0.3) is 5.91 Å². The SMILES string of the molecule is Cc1ccc(-c2csc(NC(=O)CSc3cccc(NC(=O)c4cccs4)c3)n2)cc1. The van der Waals surface area contributed by atoms with Crippen LogP contribution in [-0.2, 0) is 4.79 Å². The van der Waals surface area contributed by atoms with Crippen LogP contribution in [0.1, 0.15) is 15.2 Å². The summed E-state index contributed by atoms with van der Waals surface area (Å²) < 4.78 is 0. The molecule has 0 radical (unpaired) electrons. The van der Waals surface area contributed by atoms with Crippen LogP contribution in [-0.4, -0.2) is 22.6 Å². The Morgan fingerprint density at radius 2 is 1.84 bits per heavy atom. The van der Waals surface area contributed by atoms with Crippen molar-refractivity contribution in [2.75, 3.05) is 16.4 Å². The summed E-state index contributed by atoms with van der Waals surface area (Å²) >= 11 is 4.21. The minimum Gasteiger partial charge on any atom is -0.321 e. The Hall–Kier alpha value is -2.94. The van der Waals surface area contributed by atoms with E-state index >= 15 is 0 Å². The number of amides is 2. The summed E-state index contributed by atoms with van der Waals surface area (Å²) in [6, 6.07) is 19.2. The molecule has 0 aliphatic heterocycles. The van der Waals surface area contributed by atoms with Crippen molar-refractivity contribution in [1.29, 1.82) is 0 Å². The first-order valence-electron chi connectivity index (χ1n) is 9.47. The van der Waals surface area contributed by atoms with E-state index in [4.69, 9.17) is 0 Å². The topological polar surface area (TPSA) is 71.1 Å². The van der Waals surface area contributed by atoms with Gasteiger partial charge in [0.1, 0.15) is 0 Å². The van der Waals surface area contributed by atoms with Crippen molar-refractivity contribution >= 4 is 57.1 Å². The highest BCUT2D eigenvalue weighted by atomic mass is 32.2. The zero-order valence-electron chi connectivity index (χ0n) is 16.6. The molecule has 31 heavy (non-hydrogen) atoms. The van der Waals surface area contributed by atoms with E-state index in [0.29, 0.717) is 15.7 Å². The van der Waals surface area contributed by atoms with Gasteiger partial charge in [0.2, 0.25) is 5.91 Å². The molecule has 2 N–H and O–H groups in total. The Morgan fingerprint density at radius 1 is 1.00 bits per heavy atom. The number of thioether (sulfide) groups is 1. The number of rotatable bonds is 7. The van der Waals surface area contributed by atoms with Crippen LogP contribution in [0.15, 0.2) is 76.3 Å². The second-order valence-corrected chi connectivity index (χ2v) is 9.55. The number of aromatic nitrogens is 1. The van der Waals surface area contributed by atoms with Crippen LogP contribution in [0.3, 0.4) is 0 Å². The van der Waals surface area contributed by atoms with Crippen molar-refractivity contribution in [3.8, 4) is 11.3 Å². The third-order valence-corrected chi connectivity index (χ3v) is 6.92. The van der Waals surface area contributed by atoms with Crippen LogP contribution in [0.5, 0.6) is 0 Å². The molecule has 0 unspecified atom stereocenters. The summed E-state index contributed by atoms with van der Waals surface area (Å²) in [4.78, 5) is 30.6. The number of hydrogen-bond donors (Lipinski definition) is 2. The zero-order chi connectivity index (χ0) is 21.6. The quantitative estimate of drug-likeness (QED) is 0.321. The Morgan fingerprint density at radius 3 is 2.61 bits per heavy atom. The molecule has 0 aliphatic carbocycles. The van der Waals surface area contributed by atoms with E-state index in [1.54, 1.807) is 6.07 Å². The lowest BCUT2D eigenvalue weighted by atomic mass is 10.1. The van der Waals surface area contributed by atoms with Gasteiger partial charge in [-0.05, 0) is 36.6 Å². The molecule has 156 valence electrons. The molecule has 2 heterocycles. The molecule has 2 aromatic heterocycles. The standard InChI is InChI=1S/C23H19N3O2S3/c1-15-7-9-16(10-8-15)19-13-31-23(25-19)26-21(27)14-30-18-5-2-4-17(12-18)24-22(28)20-6-3-11-29-20/h2-13H,14H2,1H3,(H,24,28)(H,25,26,27). The van der Waals surface area contributed by atoms with Crippen molar-refractivity contribution in [1.82, 2.24) is 4.98 Å². The molecule has 4 rings (SSSR count). The van der Waals surface area contributed by atoms with Gasteiger partial charge in [-0.15, -0.1) is 34.4 Å². The maximum Gasteiger partial charge on any atom is 0.265 e. The number of nitrogens with zero attached hydrogens (tertiary/aromatic N) is 1. The summed E-state index contributed by atoms with van der Waals surface area (Å²) in [5, 5.41) is 10.1. The highest BCUT2D eigenvalue weighted by Gasteiger charge is 2.10. The zero-order valence-corrected chi connectivity index (χ0v) is 19.1. The van der Waals surface area contributed by atoms with Gasteiger partial charge in [-0.25, -0.2) is 4.98 Å². The van der Waals surface area contributed by atoms with Crippen molar-refractivity contribution < 1.29 is 9.59 Å². The first-order chi connectivity index (χ1) is 15.1. The first kappa shape index (κ1) is 21.3. The van der Waals surface area contributed by atoms with Crippen molar-refractivity contribution in [3.05, 3.63) is 81.9 Å². The molecule has 4 aromatic rings. The Bertz CT molecular complexity index is 1190. The van der Waals surface area contributed by atoms with E-state index in [-0.39, 0.29) is 17.6 Å². The number of thiazole rings is 1. The average molecular weight is 466 g/mol. The maximum absolute atomic E-state index is 12.4. The third kappa shape index (κ3) is 5.81. The van der Waals surface area contributed by atoms with E-state index in [1.165, 1.54) is 40.0 Å². The maximum atomic E-state index is 12.4. The van der Waals surface area contributed by atoms with Crippen molar-refractivity contribution in [2.45, 2.75) is 11.8 Å². The van der Waals surface area contributed by atoms with E-state index in [0.717, 1.165) is 16.2 Å². The van der Waals surface area contributed by atoms with Crippen molar-refractivity contribution in [3.63, 3.8) is 0 Å². The van der Waals surface area contributed by atoms with Gasteiger partial charge in [-0.3, -0.25) is 9.59 Å². The van der Waals surface area contributed by atoms with Gasteiger partial charge in [0.05, 0.1) is 16.3 Å². The average Bonchev–Trinajstić information content (AvgIpc) is 3.46. The molecule has 2 amide bonds. The van der Waals surface area contributed by atoms with Crippen LogP contribution in [0.25, 0.3) is 11.3 Å². The summed E-state index contributed by atoms with van der Waals surface area (Å²) in [5.74, 6) is -0.00669. The van der Waals surface area contributed by atoms with E-state index in [2.05, 4.69) is 15.6 Å². The summed E-state index contributed by atoms with van der Waals surface area (Å²) in [7, 11) is 0. The van der Waals surface area contributed by atoms with Gasteiger partial charge in [0.15, 0.2) is 5.13 Å². The normalized spacial score (nSPS) is 10.6. The number of nitrogens with one attached hydrogen (secondary N) is 2. The molecular formula is C23H19N3O2S3. The molecule has 8 heteroatoms. The molecule has 5 nitrogen and oxygen atoms in total. The lowest BCUT2D eigenvalue weighted by Gasteiger charge is -2.06. The van der Waals surface area contributed by atoms with Gasteiger partial charge in [0, 0.05) is 21.5 Å². The van der Waals surface area contributed by atoms with Crippen LogP contribution in [0.2, 0.25) is 0 Å². The fourth-order valence-electron chi connectivity index (χ4n) is 2.76. The Balaban J connectivity index is 1.31. The number of anilines is 2. The fourth-order valence-corrected chi connectivity index (χ4v) is 4.87. The largest absolute Gasteiger partial charge is 0.321 e. The summed E-state index contributed by atoms with van der Waals surface area (Å²) in [6.07, 6.45) is 0. The van der Waals surface area contributed by atoms with E-state index in [1.807, 2.05) is 72.3 Å². The van der Waals surface area contributed by atoms with Crippen LogP contribution in [0, 0.1) is 6.92 Å². The van der Waals surface area contributed by atoms with E-state index < -0.39 is 0 Å². The van der Waals surface area contributed by atoms with Crippen molar-refractivity contribution in [2.24, 2.45) is 0 Å². The fraction of sp³-hybridized carbons (Fsp3) is 0.0870. The predicted molar refractivity (Wildman–Crippen MR) is 130 cm³/mol. The van der Waals surface area contributed by atoms with Gasteiger partial charge in [-0.1, -0.05) is 42.0 Å². The number of carbonyl (C=O) groups is 2. The third-order valence-electron chi connectivity index (χ3n) is 4.30. The molecule has 0 fully saturated rings. The molecule has 0 saturated heterocycles. The van der Waals surface area contributed by atoms with E-state index in [9.17, 15) is 9.59 Å². The highest BCUT2D eigenvalue weighted by Crippen LogP contribution is 2.26. The summed E-state index contributed by atoms with van der Waals surface area (Å²) in [6.45, 7) is 2.04. The van der Waals surface area contributed by atoms with Gasteiger partial charge in [-0.2, -0.15) is 0 Å². The second kappa shape index (κ2) is 9.91. The Labute approximate surface area is 192 Å². The number of aryl methyl sites for hydroxylation is 1. The number of carbonyl (C=O) groups excluding carboxylic acids is 2. The molecule has 2 aromatic carbocycles. The molecular weight excluding hydrogens is 446 g/mol. The minimum atomic E-state index is -0.136. The highest BCUT2D eigenvalue weighted by molar-refractivity contribution is 8.00. The number of thiophene rings is 1. The minimum absolute atomic E-state index is 0.122. The monoisotopic (exact) mass is 465 g/mol. The smallest absolute Gasteiger partial charge is 0.265 e. The molecule has 0 aliphatic rings. The van der Waals surface area contributed by atoms with Gasteiger partial charge < -0.3 is 10.6 Å². The lowest BCUT2D eigenvalue weighted by Crippen LogP contribution is -2.14.